The Morgan fingerprint density at radius 2 is 1.74 bits per heavy atom. The fourth-order valence-electron chi connectivity index (χ4n) is 7.42. The van der Waals surface area contributed by atoms with E-state index in [0.717, 1.165) is 11.1 Å². The number of halogens is 1. The first kappa shape index (κ1) is 45.2. The number of pyridine rings is 2. The summed E-state index contributed by atoms with van der Waals surface area (Å²) in [5.41, 5.74) is 2.71. The summed E-state index contributed by atoms with van der Waals surface area (Å²) in [6.45, 7) is 19.8. The standard InChI is InChI=1S/C46H59FN6O7Si/c1-29(2)38-40(33(21-22-48-38)18-15-23-60-61(9,10)46(5,6)7)53-43-35(42(50-44(53)54)51-25-31(4)52(45(55)56)26-30(51)3)24-36(47)39(49-43)34-19-14-20-37(59-28-57-8)41(34)58-27-32-16-12-11-13-17-32/h11-14,16-17,19-22,24,29-31H,15,18,23,25-28H2,1-10H3,(H,55,56)/t30-,31+/m0/s1. The molecule has 4 heterocycles. The fourth-order valence-corrected chi connectivity index (χ4v) is 8.51. The molecule has 1 saturated heterocycles. The molecule has 0 aliphatic carbocycles. The molecule has 2 aromatic carbocycles. The van der Waals surface area contributed by atoms with Crippen LogP contribution in [0.3, 0.4) is 0 Å². The summed E-state index contributed by atoms with van der Waals surface area (Å²) in [5, 5.41) is 10.3. The predicted octanol–water partition coefficient (Wildman–Crippen LogP) is 9.20. The van der Waals surface area contributed by atoms with E-state index in [9.17, 15) is 14.7 Å². The van der Waals surface area contributed by atoms with E-state index in [1.54, 1.807) is 31.3 Å². The number of carboxylic acid groups (broad SMARTS) is 1. The highest BCUT2D eigenvalue weighted by atomic mass is 28.4. The fraction of sp³-hybridized carbons (Fsp3) is 0.457. The smallest absolute Gasteiger partial charge is 0.407 e. The van der Waals surface area contributed by atoms with Crippen molar-refractivity contribution in [3.63, 3.8) is 0 Å². The molecule has 0 bridgehead atoms. The van der Waals surface area contributed by atoms with Gasteiger partial charge in [-0.2, -0.15) is 4.98 Å². The SMILES string of the molecule is COCOc1cccc(-c2nc3c(cc2F)c(N2C[C@@H](C)N(C(=O)O)C[C@@H]2C)nc(=O)n3-c2c(CCCO[Si](C)(C)C(C)(C)C)ccnc2C(C)C)c1OCc1ccccc1. The molecule has 0 saturated carbocycles. The van der Waals surface area contributed by atoms with E-state index < -0.39 is 38.0 Å². The van der Waals surface area contributed by atoms with Gasteiger partial charge in [-0.25, -0.2) is 23.5 Å². The second-order valence-corrected chi connectivity index (χ2v) is 22.4. The molecule has 2 atom stereocenters. The third-order valence-electron chi connectivity index (χ3n) is 11.8. The summed E-state index contributed by atoms with van der Waals surface area (Å²) in [4.78, 5) is 44.8. The van der Waals surface area contributed by atoms with Gasteiger partial charge in [-0.15, -0.1) is 0 Å². The van der Waals surface area contributed by atoms with Gasteiger partial charge in [0, 0.05) is 50.7 Å². The Balaban J connectivity index is 1.58. The molecule has 1 fully saturated rings. The van der Waals surface area contributed by atoms with Crippen LogP contribution in [0.25, 0.3) is 28.0 Å². The number of para-hydroxylation sites is 1. The minimum atomic E-state index is -2.01. The second kappa shape index (κ2) is 18.7. The van der Waals surface area contributed by atoms with E-state index in [4.69, 9.17) is 28.6 Å². The summed E-state index contributed by atoms with van der Waals surface area (Å²) in [5.74, 6) is -0.0122. The topological polar surface area (TPSA) is 141 Å². The van der Waals surface area contributed by atoms with Gasteiger partial charge in [0.1, 0.15) is 18.1 Å². The van der Waals surface area contributed by atoms with Gasteiger partial charge < -0.3 is 33.5 Å². The number of aryl methyl sites for hydroxylation is 1. The van der Waals surface area contributed by atoms with E-state index in [-0.39, 0.29) is 65.7 Å². The number of aromatic nitrogens is 4. The Labute approximate surface area is 358 Å². The summed E-state index contributed by atoms with van der Waals surface area (Å²) in [6.07, 6.45) is 1.97. The number of carbonyl (C=O) groups is 1. The number of fused-ring (bicyclic) bond motifs is 1. The lowest BCUT2D eigenvalue weighted by Gasteiger charge is -2.43. The number of nitrogens with zero attached hydrogens (tertiary/aromatic N) is 6. The average molecular weight is 855 g/mol. The molecule has 13 nitrogen and oxygen atoms in total. The van der Waals surface area contributed by atoms with Crippen molar-refractivity contribution in [1.82, 2.24) is 24.4 Å². The highest BCUT2D eigenvalue weighted by Gasteiger charge is 2.37. The van der Waals surface area contributed by atoms with Gasteiger partial charge in [0.05, 0.1) is 16.8 Å². The number of hydrogen-bond donors (Lipinski definition) is 1. The van der Waals surface area contributed by atoms with Crippen molar-refractivity contribution in [2.45, 2.75) is 104 Å². The number of benzene rings is 2. The Hall–Kier alpha value is -5.38. The zero-order valence-electron chi connectivity index (χ0n) is 37.0. The maximum atomic E-state index is 17.1. The third kappa shape index (κ3) is 9.74. The maximum Gasteiger partial charge on any atom is 0.407 e. The second-order valence-electron chi connectivity index (χ2n) is 17.6. The molecule has 1 amide bonds. The molecule has 6 rings (SSSR count). The lowest BCUT2D eigenvalue weighted by molar-refractivity contribution is 0.0485. The normalized spacial score (nSPS) is 16.1. The highest BCUT2D eigenvalue weighted by molar-refractivity contribution is 6.74. The van der Waals surface area contributed by atoms with Gasteiger partial charge in [0.25, 0.3) is 0 Å². The van der Waals surface area contributed by atoms with Crippen LogP contribution < -0.4 is 20.1 Å². The van der Waals surface area contributed by atoms with Crippen LogP contribution in [-0.4, -0.2) is 89.6 Å². The van der Waals surface area contributed by atoms with Crippen molar-refractivity contribution in [2.24, 2.45) is 0 Å². The lowest BCUT2D eigenvalue weighted by Crippen LogP contribution is -2.58. The number of amides is 1. The van der Waals surface area contributed by atoms with Crippen molar-refractivity contribution >= 4 is 31.3 Å². The summed E-state index contributed by atoms with van der Waals surface area (Å²) >= 11 is 0. The van der Waals surface area contributed by atoms with E-state index in [2.05, 4.69) is 38.8 Å². The summed E-state index contributed by atoms with van der Waals surface area (Å²) in [6, 6.07) is 17.2. The van der Waals surface area contributed by atoms with Gasteiger partial charge >= 0.3 is 11.8 Å². The Morgan fingerprint density at radius 1 is 1.00 bits per heavy atom. The molecule has 3 aromatic heterocycles. The number of anilines is 1. The van der Waals surface area contributed by atoms with Crippen LogP contribution in [0, 0.1) is 5.82 Å². The highest BCUT2D eigenvalue weighted by Crippen LogP contribution is 2.42. The molecule has 1 aliphatic rings. The molecule has 0 spiro atoms. The molecule has 0 unspecified atom stereocenters. The van der Waals surface area contributed by atoms with E-state index in [1.807, 2.05) is 62.1 Å². The Kier molecular flexibility index (Phi) is 13.8. The first-order valence-corrected chi connectivity index (χ1v) is 23.8. The number of rotatable bonds is 15. The maximum absolute atomic E-state index is 17.1. The molecule has 1 N–H and O–H groups in total. The number of ether oxygens (including phenoxy) is 3. The summed E-state index contributed by atoms with van der Waals surface area (Å²) < 4.78 is 42.7. The number of methoxy groups -OCH3 is 1. The first-order chi connectivity index (χ1) is 28.9. The summed E-state index contributed by atoms with van der Waals surface area (Å²) in [7, 11) is -0.508. The van der Waals surface area contributed by atoms with Crippen molar-refractivity contribution < 1.29 is 32.9 Å². The average Bonchev–Trinajstić information content (AvgIpc) is 3.21. The predicted molar refractivity (Wildman–Crippen MR) is 238 cm³/mol. The van der Waals surface area contributed by atoms with E-state index >= 15 is 4.39 Å². The van der Waals surface area contributed by atoms with Crippen LogP contribution in [-0.2, 0) is 22.2 Å². The van der Waals surface area contributed by atoms with Gasteiger partial charge in [0.15, 0.2) is 38.1 Å². The van der Waals surface area contributed by atoms with Crippen molar-refractivity contribution in [3.8, 4) is 28.4 Å². The molecule has 61 heavy (non-hydrogen) atoms. The number of piperazine rings is 1. The van der Waals surface area contributed by atoms with Gasteiger partial charge in [-0.3, -0.25) is 4.98 Å². The van der Waals surface area contributed by atoms with Crippen molar-refractivity contribution in [3.05, 3.63) is 100.0 Å². The van der Waals surface area contributed by atoms with Crippen LogP contribution in [0.1, 0.15) is 77.6 Å². The third-order valence-corrected chi connectivity index (χ3v) is 16.3. The molecule has 0 radical (unpaired) electrons. The van der Waals surface area contributed by atoms with Crippen LogP contribution in [0.5, 0.6) is 11.5 Å². The van der Waals surface area contributed by atoms with Crippen LogP contribution in [0.15, 0.2) is 71.7 Å². The van der Waals surface area contributed by atoms with E-state index in [1.165, 1.54) is 22.6 Å². The molecular weight excluding hydrogens is 796 g/mol. The van der Waals surface area contributed by atoms with Crippen LogP contribution in [0.4, 0.5) is 15.0 Å². The number of hydrogen-bond acceptors (Lipinski definition) is 10. The molecule has 1 aliphatic heterocycles. The molecular formula is C46H59FN6O7Si. The first-order valence-electron chi connectivity index (χ1n) is 20.9. The Bertz CT molecular complexity index is 2410. The molecule has 5 aromatic rings. The van der Waals surface area contributed by atoms with Crippen LogP contribution in [0.2, 0.25) is 18.1 Å². The van der Waals surface area contributed by atoms with Crippen LogP contribution >= 0.6 is 0 Å². The minimum absolute atomic E-state index is 0.0510. The largest absolute Gasteiger partial charge is 0.484 e. The van der Waals surface area contributed by atoms with Crippen molar-refractivity contribution in [2.75, 3.05) is 38.5 Å². The van der Waals surface area contributed by atoms with Gasteiger partial charge in [-0.1, -0.05) is 71.0 Å². The quantitative estimate of drug-likeness (QED) is 0.0612. The minimum Gasteiger partial charge on any atom is -0.484 e. The zero-order valence-corrected chi connectivity index (χ0v) is 38.0. The van der Waals surface area contributed by atoms with E-state index in [0.29, 0.717) is 42.1 Å². The molecule has 15 heteroatoms. The Morgan fingerprint density at radius 3 is 2.41 bits per heavy atom. The monoisotopic (exact) mass is 854 g/mol. The van der Waals surface area contributed by atoms with Crippen molar-refractivity contribution in [1.29, 1.82) is 0 Å². The zero-order chi connectivity index (χ0) is 44.2. The van der Waals surface area contributed by atoms with Gasteiger partial charge in [-0.05, 0) is 86.1 Å². The van der Waals surface area contributed by atoms with Gasteiger partial charge in [0.2, 0.25) is 0 Å². The molecule has 326 valence electrons. The lowest BCUT2D eigenvalue weighted by atomic mass is 10.0.